The number of carbonyl (C=O) groups is 1. The fourth-order valence-corrected chi connectivity index (χ4v) is 4.59. The van der Waals surface area contributed by atoms with E-state index >= 15 is 0 Å². The Balaban J connectivity index is 1.49. The number of halogens is 3. The number of amidine groups is 1. The third kappa shape index (κ3) is 5.96. The molecular weight excluding hydrogens is 482 g/mol. The normalized spacial score (nSPS) is 15.8. The number of hydrogen-bond donors (Lipinski definition) is 1. The number of aryl methyl sites for hydroxylation is 1. The molecule has 1 heterocycles. The molecular formula is C25H19Cl2FN2O2S. The average Bonchev–Trinajstić information content (AvgIpc) is 3.12. The van der Waals surface area contributed by atoms with Crippen LogP contribution in [0.5, 0.6) is 5.75 Å². The first kappa shape index (κ1) is 23.4. The molecule has 1 N–H and O–H groups in total. The number of benzene rings is 3. The second-order valence-corrected chi connectivity index (χ2v) is 9.08. The zero-order chi connectivity index (χ0) is 23.4. The van der Waals surface area contributed by atoms with Crippen LogP contribution >= 0.6 is 35.0 Å². The third-order valence-electron chi connectivity index (χ3n) is 4.82. The number of aliphatic imine (C=N–C) groups is 1. The zero-order valence-corrected chi connectivity index (χ0v) is 19.9. The Labute approximate surface area is 205 Å². The molecule has 8 heteroatoms. The molecule has 1 aliphatic rings. The average molecular weight is 501 g/mol. The van der Waals surface area contributed by atoms with Gasteiger partial charge in [-0.1, -0.05) is 54.4 Å². The summed E-state index contributed by atoms with van der Waals surface area (Å²) < 4.78 is 19.1. The summed E-state index contributed by atoms with van der Waals surface area (Å²) in [6.45, 7) is 2.21. The van der Waals surface area contributed by atoms with Gasteiger partial charge < -0.3 is 10.1 Å². The van der Waals surface area contributed by atoms with Crippen molar-refractivity contribution in [1.29, 1.82) is 0 Å². The lowest BCUT2D eigenvalue weighted by atomic mass is 10.2. The Hall–Kier alpha value is -2.80. The lowest BCUT2D eigenvalue weighted by Crippen LogP contribution is -2.19. The largest absolute Gasteiger partial charge is 0.486 e. The van der Waals surface area contributed by atoms with Crippen molar-refractivity contribution in [2.75, 3.05) is 0 Å². The minimum absolute atomic E-state index is 0.120. The summed E-state index contributed by atoms with van der Waals surface area (Å²) in [7, 11) is 0. The van der Waals surface area contributed by atoms with Gasteiger partial charge in [-0.2, -0.15) is 0 Å². The fraction of sp³-hybridized carbons (Fsp3) is 0.120. The summed E-state index contributed by atoms with van der Waals surface area (Å²) in [4.78, 5) is 17.4. The summed E-state index contributed by atoms with van der Waals surface area (Å²) >= 11 is 14.0. The first-order valence-electron chi connectivity index (χ1n) is 10.2. The molecule has 1 fully saturated rings. The van der Waals surface area contributed by atoms with Crippen molar-refractivity contribution < 1.29 is 13.9 Å². The Morgan fingerprint density at radius 3 is 2.45 bits per heavy atom. The van der Waals surface area contributed by atoms with Gasteiger partial charge in [0.15, 0.2) is 10.9 Å². The minimum atomic E-state index is -0.344. The second kappa shape index (κ2) is 10.4. The van der Waals surface area contributed by atoms with E-state index in [-0.39, 0.29) is 18.3 Å². The maximum atomic E-state index is 13.4. The summed E-state index contributed by atoms with van der Waals surface area (Å²) in [5, 5.41) is 3.85. The van der Waals surface area contributed by atoms with Crippen LogP contribution in [0.25, 0.3) is 6.08 Å². The molecule has 0 aliphatic carbocycles. The quantitative estimate of drug-likeness (QED) is 0.365. The Morgan fingerprint density at radius 2 is 1.79 bits per heavy atom. The third-order valence-corrected chi connectivity index (χ3v) is 6.29. The highest BCUT2D eigenvalue weighted by Crippen LogP contribution is 2.37. The molecule has 33 heavy (non-hydrogen) atoms. The van der Waals surface area contributed by atoms with E-state index in [1.807, 2.05) is 24.3 Å². The number of hydrogen-bond acceptors (Lipinski definition) is 4. The Morgan fingerprint density at radius 1 is 1.06 bits per heavy atom. The summed E-state index contributed by atoms with van der Waals surface area (Å²) in [6, 6.07) is 17.3. The van der Waals surface area contributed by atoms with Crippen molar-refractivity contribution in [3.63, 3.8) is 0 Å². The number of rotatable bonds is 6. The van der Waals surface area contributed by atoms with E-state index in [1.165, 1.54) is 29.5 Å². The highest BCUT2D eigenvalue weighted by molar-refractivity contribution is 8.18. The molecule has 0 atom stereocenters. The highest BCUT2D eigenvalue weighted by atomic mass is 35.5. The van der Waals surface area contributed by atoms with Gasteiger partial charge in [0, 0.05) is 0 Å². The first-order chi connectivity index (χ1) is 15.9. The van der Waals surface area contributed by atoms with E-state index in [9.17, 15) is 9.18 Å². The molecule has 3 aromatic carbocycles. The van der Waals surface area contributed by atoms with Crippen LogP contribution in [0.3, 0.4) is 0 Å². The van der Waals surface area contributed by atoms with Crippen molar-refractivity contribution in [2.45, 2.75) is 20.0 Å². The minimum Gasteiger partial charge on any atom is -0.486 e. The lowest BCUT2D eigenvalue weighted by Gasteiger charge is -2.11. The molecule has 4 rings (SSSR count). The predicted octanol–water partition coefficient (Wildman–Crippen LogP) is 7.17. The second-order valence-electron chi connectivity index (χ2n) is 7.23. The number of nitrogens with one attached hydrogen (secondary N) is 1. The number of amides is 1. The SMILES string of the molecule is CCc1ccc(N=C2NC(=O)/C(=C/c3cc(Cl)c(OCc4cccc(F)c4)c(Cl)c3)S2)cc1. The van der Waals surface area contributed by atoms with Crippen molar-refractivity contribution in [2.24, 2.45) is 4.99 Å². The van der Waals surface area contributed by atoms with E-state index in [1.54, 1.807) is 30.3 Å². The number of ether oxygens (including phenoxy) is 1. The van der Waals surface area contributed by atoms with Gasteiger partial charge in [-0.3, -0.25) is 4.79 Å². The molecule has 168 valence electrons. The molecule has 0 radical (unpaired) electrons. The van der Waals surface area contributed by atoms with E-state index < -0.39 is 0 Å². The van der Waals surface area contributed by atoms with Crippen molar-refractivity contribution in [3.8, 4) is 5.75 Å². The summed E-state index contributed by atoms with van der Waals surface area (Å²) in [6.07, 6.45) is 2.64. The topological polar surface area (TPSA) is 50.7 Å². The monoisotopic (exact) mass is 500 g/mol. The maximum Gasteiger partial charge on any atom is 0.264 e. The Kier molecular flexibility index (Phi) is 7.38. The van der Waals surface area contributed by atoms with Crippen molar-refractivity contribution >= 4 is 57.8 Å². The fourth-order valence-electron chi connectivity index (χ4n) is 3.14. The van der Waals surface area contributed by atoms with Gasteiger partial charge in [0.2, 0.25) is 0 Å². The van der Waals surface area contributed by atoms with Crippen LogP contribution in [0.15, 0.2) is 70.6 Å². The predicted molar refractivity (Wildman–Crippen MR) is 134 cm³/mol. The summed E-state index contributed by atoms with van der Waals surface area (Å²) in [5.74, 6) is -0.294. The van der Waals surface area contributed by atoms with Crippen LogP contribution < -0.4 is 10.1 Å². The standard InChI is InChI=1S/C25H19Cl2FN2O2S/c1-2-15-6-8-19(9-7-15)29-25-30-24(31)22(33-25)13-17-11-20(26)23(21(27)12-17)32-14-16-4-3-5-18(28)10-16/h3-13H,2,14H2,1H3,(H,29,30,31)/b22-13-. The number of carbonyl (C=O) groups excluding carboxylic acids is 1. The van der Waals surface area contributed by atoms with Crippen LogP contribution in [0.1, 0.15) is 23.6 Å². The van der Waals surface area contributed by atoms with Crippen LogP contribution in [-0.4, -0.2) is 11.1 Å². The van der Waals surface area contributed by atoms with Gasteiger partial charge in [-0.15, -0.1) is 0 Å². The molecule has 1 saturated heterocycles. The highest BCUT2D eigenvalue weighted by Gasteiger charge is 2.24. The van der Waals surface area contributed by atoms with Crippen LogP contribution in [-0.2, 0) is 17.8 Å². The van der Waals surface area contributed by atoms with Crippen LogP contribution in [0, 0.1) is 5.82 Å². The molecule has 3 aromatic rings. The molecule has 0 saturated carbocycles. The van der Waals surface area contributed by atoms with E-state index in [0.717, 1.165) is 12.1 Å². The molecule has 0 spiro atoms. The first-order valence-corrected chi connectivity index (χ1v) is 11.7. The molecule has 1 amide bonds. The molecule has 0 bridgehead atoms. The zero-order valence-electron chi connectivity index (χ0n) is 17.6. The van der Waals surface area contributed by atoms with Crippen LogP contribution in [0.2, 0.25) is 10.0 Å². The smallest absolute Gasteiger partial charge is 0.264 e. The summed E-state index contributed by atoms with van der Waals surface area (Å²) in [5.41, 5.74) is 3.29. The van der Waals surface area contributed by atoms with Gasteiger partial charge in [-0.25, -0.2) is 9.38 Å². The van der Waals surface area contributed by atoms with Crippen LogP contribution in [0.4, 0.5) is 10.1 Å². The van der Waals surface area contributed by atoms with Gasteiger partial charge in [0.05, 0.1) is 20.6 Å². The van der Waals surface area contributed by atoms with Crippen molar-refractivity contribution in [3.05, 3.63) is 98.1 Å². The van der Waals surface area contributed by atoms with Gasteiger partial charge in [-0.05, 0) is 77.3 Å². The number of thioether (sulfide) groups is 1. The Bertz CT molecular complexity index is 1240. The van der Waals surface area contributed by atoms with Gasteiger partial charge in [0.1, 0.15) is 12.4 Å². The van der Waals surface area contributed by atoms with Crippen molar-refractivity contribution in [1.82, 2.24) is 5.32 Å². The molecule has 0 unspecified atom stereocenters. The van der Waals surface area contributed by atoms with E-state index in [0.29, 0.717) is 37.0 Å². The van der Waals surface area contributed by atoms with Gasteiger partial charge >= 0.3 is 0 Å². The van der Waals surface area contributed by atoms with E-state index in [4.69, 9.17) is 27.9 Å². The molecule has 1 aliphatic heterocycles. The molecule has 4 nitrogen and oxygen atoms in total. The van der Waals surface area contributed by atoms with E-state index in [2.05, 4.69) is 17.2 Å². The lowest BCUT2D eigenvalue weighted by molar-refractivity contribution is -0.115. The van der Waals surface area contributed by atoms with Gasteiger partial charge in [0.25, 0.3) is 5.91 Å². The maximum absolute atomic E-state index is 13.4. The molecule has 0 aromatic heterocycles. The number of nitrogens with zero attached hydrogens (tertiary/aromatic N) is 1.